The van der Waals surface area contributed by atoms with Crippen LogP contribution in [0, 0.1) is 0 Å². The Hall–Kier alpha value is -1.40. The molecule has 2 saturated heterocycles. The van der Waals surface area contributed by atoms with Crippen molar-refractivity contribution in [2.45, 2.75) is 44.2 Å². The van der Waals surface area contributed by atoms with Crippen molar-refractivity contribution in [1.82, 2.24) is 20.4 Å². The molecule has 0 aliphatic carbocycles. The number of hydrogen-bond donors (Lipinski definition) is 2. The highest BCUT2D eigenvalue weighted by atomic mass is 16.5. The fourth-order valence-corrected chi connectivity index (χ4v) is 3.24. The van der Waals surface area contributed by atoms with Gasteiger partial charge in [0.25, 0.3) is 0 Å². The molecule has 1 amide bonds. The fraction of sp³-hybridized carbons (Fsp3) is 0.733. The minimum Gasteiger partial charge on any atom is -0.378 e. The summed E-state index contributed by atoms with van der Waals surface area (Å²) in [6.45, 7) is 3.65. The van der Waals surface area contributed by atoms with Gasteiger partial charge >= 0.3 is 0 Å². The van der Waals surface area contributed by atoms with Crippen molar-refractivity contribution in [3.8, 4) is 0 Å². The summed E-state index contributed by atoms with van der Waals surface area (Å²) in [7, 11) is 0. The topological polar surface area (TPSA) is 70.2 Å². The molecule has 0 saturated carbocycles. The maximum absolute atomic E-state index is 12.1. The highest BCUT2D eigenvalue weighted by molar-refractivity contribution is 5.76. The quantitative estimate of drug-likeness (QED) is 0.838. The highest BCUT2D eigenvalue weighted by Gasteiger charge is 2.34. The summed E-state index contributed by atoms with van der Waals surface area (Å²) in [6, 6.07) is 0.489. The molecule has 2 aliphatic rings. The maximum atomic E-state index is 12.1. The number of aromatic nitrogens is 2. The molecule has 1 aromatic rings. The molecule has 21 heavy (non-hydrogen) atoms. The predicted octanol–water partition coefficient (Wildman–Crippen LogP) is 0.712. The van der Waals surface area contributed by atoms with Crippen LogP contribution >= 0.6 is 0 Å². The summed E-state index contributed by atoms with van der Waals surface area (Å²) in [5, 5.41) is 9.81. The lowest BCUT2D eigenvalue weighted by atomic mass is 10.0. The lowest BCUT2D eigenvalue weighted by molar-refractivity contribution is -0.122. The van der Waals surface area contributed by atoms with Gasteiger partial charge in [0.15, 0.2) is 0 Å². The van der Waals surface area contributed by atoms with E-state index in [2.05, 4.69) is 20.4 Å². The first-order chi connectivity index (χ1) is 10.3. The van der Waals surface area contributed by atoms with E-state index < -0.39 is 0 Å². The second-order valence-electron chi connectivity index (χ2n) is 5.98. The second-order valence-corrected chi connectivity index (χ2v) is 5.98. The molecule has 2 atom stereocenters. The molecule has 0 unspecified atom stereocenters. The summed E-state index contributed by atoms with van der Waals surface area (Å²) in [5.41, 5.74) is 1.07. The number of rotatable bonds is 5. The monoisotopic (exact) mass is 292 g/mol. The minimum atomic E-state index is 0.105. The molecular weight excluding hydrogens is 268 g/mol. The van der Waals surface area contributed by atoms with E-state index in [9.17, 15) is 4.79 Å². The fourth-order valence-electron chi connectivity index (χ4n) is 3.24. The number of carbonyl (C=O) groups excluding carboxylic acids is 1. The van der Waals surface area contributed by atoms with Gasteiger partial charge in [0.1, 0.15) is 0 Å². The van der Waals surface area contributed by atoms with Gasteiger partial charge in [0.2, 0.25) is 5.91 Å². The van der Waals surface area contributed by atoms with Gasteiger partial charge < -0.3 is 10.1 Å². The molecule has 2 fully saturated rings. The second kappa shape index (κ2) is 7.04. The summed E-state index contributed by atoms with van der Waals surface area (Å²) in [6.07, 6.45) is 8.68. The molecule has 3 heterocycles. The Balaban J connectivity index is 1.47. The van der Waals surface area contributed by atoms with Crippen LogP contribution in [0.25, 0.3) is 0 Å². The Morgan fingerprint density at radius 3 is 3.00 bits per heavy atom. The van der Waals surface area contributed by atoms with E-state index in [1.165, 1.54) is 19.3 Å². The smallest absolute Gasteiger partial charge is 0.220 e. The van der Waals surface area contributed by atoms with Crippen molar-refractivity contribution in [1.29, 1.82) is 0 Å². The molecule has 2 N–H and O–H groups in total. The molecule has 0 spiro atoms. The Morgan fingerprint density at radius 1 is 1.38 bits per heavy atom. The molecule has 2 aliphatic heterocycles. The number of hydrogen-bond acceptors (Lipinski definition) is 4. The van der Waals surface area contributed by atoms with Crippen molar-refractivity contribution in [3.63, 3.8) is 0 Å². The van der Waals surface area contributed by atoms with E-state index in [0.29, 0.717) is 19.1 Å². The van der Waals surface area contributed by atoms with Crippen LogP contribution in [0.2, 0.25) is 0 Å². The van der Waals surface area contributed by atoms with E-state index in [0.717, 1.165) is 31.7 Å². The average Bonchev–Trinajstić information content (AvgIpc) is 3.17. The van der Waals surface area contributed by atoms with E-state index in [1.54, 1.807) is 6.20 Å². The van der Waals surface area contributed by atoms with Gasteiger partial charge in [-0.3, -0.25) is 14.8 Å². The number of likely N-dealkylation sites (tertiary alicyclic amines) is 1. The summed E-state index contributed by atoms with van der Waals surface area (Å²) >= 11 is 0. The number of H-pyrrole nitrogens is 1. The number of piperidine rings is 1. The molecule has 116 valence electrons. The first-order valence-corrected chi connectivity index (χ1v) is 7.92. The van der Waals surface area contributed by atoms with Crippen LogP contribution in [0.3, 0.4) is 0 Å². The van der Waals surface area contributed by atoms with E-state index >= 15 is 0 Å². The van der Waals surface area contributed by atoms with Crippen molar-refractivity contribution >= 4 is 5.91 Å². The number of aromatic amines is 1. The van der Waals surface area contributed by atoms with Gasteiger partial charge in [-0.05, 0) is 37.9 Å². The van der Waals surface area contributed by atoms with Crippen LogP contribution < -0.4 is 5.32 Å². The predicted molar refractivity (Wildman–Crippen MR) is 78.9 cm³/mol. The Bertz CT molecular complexity index is 443. The third kappa shape index (κ3) is 3.83. The van der Waals surface area contributed by atoms with Gasteiger partial charge in [0.05, 0.1) is 31.5 Å². The summed E-state index contributed by atoms with van der Waals surface area (Å²) in [5.74, 6) is 0.105. The lowest BCUT2D eigenvalue weighted by Crippen LogP contribution is -2.52. The van der Waals surface area contributed by atoms with Gasteiger partial charge in [-0.25, -0.2) is 0 Å². The molecule has 6 heteroatoms. The first-order valence-electron chi connectivity index (χ1n) is 7.92. The molecular formula is C15H24N4O2. The van der Waals surface area contributed by atoms with Crippen LogP contribution in [-0.4, -0.2) is 59.4 Å². The zero-order valence-corrected chi connectivity index (χ0v) is 12.4. The zero-order valence-electron chi connectivity index (χ0n) is 12.4. The number of amides is 1. The molecule has 1 aromatic heterocycles. The molecule has 6 nitrogen and oxygen atoms in total. The Kier molecular flexibility index (Phi) is 4.87. The first kappa shape index (κ1) is 14.5. The van der Waals surface area contributed by atoms with Crippen LogP contribution in [0.15, 0.2) is 12.4 Å². The molecule has 0 aromatic carbocycles. The maximum Gasteiger partial charge on any atom is 0.220 e. The average molecular weight is 292 g/mol. The van der Waals surface area contributed by atoms with Crippen LogP contribution in [-0.2, 0) is 16.0 Å². The number of nitrogens with one attached hydrogen (secondary N) is 2. The van der Waals surface area contributed by atoms with Crippen LogP contribution in [0.4, 0.5) is 0 Å². The number of ether oxygens (including phenoxy) is 1. The SMILES string of the molecule is O=C(CCc1cn[nH]c1)N[C@H]1COC[C@@H]1N1CCCCC1. The van der Waals surface area contributed by atoms with E-state index in [1.807, 2.05) is 6.20 Å². The largest absolute Gasteiger partial charge is 0.378 e. The van der Waals surface area contributed by atoms with Gasteiger partial charge in [-0.15, -0.1) is 0 Å². The highest BCUT2D eigenvalue weighted by Crippen LogP contribution is 2.19. The molecule has 0 bridgehead atoms. The molecule has 3 rings (SSSR count). The minimum absolute atomic E-state index is 0.105. The van der Waals surface area contributed by atoms with E-state index in [4.69, 9.17) is 4.74 Å². The van der Waals surface area contributed by atoms with Crippen molar-refractivity contribution in [3.05, 3.63) is 18.0 Å². The van der Waals surface area contributed by atoms with Gasteiger partial charge in [0, 0.05) is 12.6 Å². The van der Waals surface area contributed by atoms with Gasteiger partial charge in [-0.2, -0.15) is 5.10 Å². The Morgan fingerprint density at radius 2 is 2.24 bits per heavy atom. The van der Waals surface area contributed by atoms with Crippen molar-refractivity contribution in [2.24, 2.45) is 0 Å². The third-order valence-electron chi connectivity index (χ3n) is 4.45. The van der Waals surface area contributed by atoms with E-state index in [-0.39, 0.29) is 11.9 Å². The zero-order chi connectivity index (χ0) is 14.5. The normalized spacial score (nSPS) is 26.9. The van der Waals surface area contributed by atoms with Crippen LogP contribution in [0.1, 0.15) is 31.2 Å². The standard InChI is InChI=1S/C15H24N4O2/c20-15(5-4-12-8-16-17-9-12)18-13-10-21-11-14(13)19-6-2-1-3-7-19/h8-9,13-14H,1-7,10-11H2,(H,16,17)(H,18,20)/t13-,14-/m0/s1. The number of aryl methyl sites for hydroxylation is 1. The third-order valence-corrected chi connectivity index (χ3v) is 4.45. The number of nitrogens with zero attached hydrogens (tertiary/aromatic N) is 2. The number of carbonyl (C=O) groups is 1. The van der Waals surface area contributed by atoms with Crippen molar-refractivity contribution < 1.29 is 9.53 Å². The lowest BCUT2D eigenvalue weighted by Gasteiger charge is -2.34. The Labute approximate surface area is 125 Å². The van der Waals surface area contributed by atoms with Crippen molar-refractivity contribution in [2.75, 3.05) is 26.3 Å². The van der Waals surface area contributed by atoms with Crippen LogP contribution in [0.5, 0.6) is 0 Å². The molecule has 0 radical (unpaired) electrons. The van der Waals surface area contributed by atoms with Gasteiger partial charge in [-0.1, -0.05) is 6.42 Å². The summed E-state index contributed by atoms with van der Waals surface area (Å²) in [4.78, 5) is 14.6. The summed E-state index contributed by atoms with van der Waals surface area (Å²) < 4.78 is 5.60.